The lowest BCUT2D eigenvalue weighted by Gasteiger charge is -2.39. The Kier molecular flexibility index (Phi) is 4.72. The third kappa shape index (κ3) is 3.09. The molecule has 0 bridgehead atoms. The summed E-state index contributed by atoms with van der Waals surface area (Å²) in [6, 6.07) is 7.41. The highest BCUT2D eigenvalue weighted by Gasteiger charge is 2.30. The molecule has 100 valence electrons. The van der Waals surface area contributed by atoms with Crippen molar-refractivity contribution in [3.63, 3.8) is 0 Å². The fraction of sp³-hybridized carbons (Fsp3) is 0.600. The minimum absolute atomic E-state index is 0.131. The van der Waals surface area contributed by atoms with Gasteiger partial charge < -0.3 is 5.32 Å². The van der Waals surface area contributed by atoms with Crippen molar-refractivity contribution in [3.05, 3.63) is 35.6 Å². The predicted octanol–water partition coefficient (Wildman–Crippen LogP) is 2.82. The molecule has 0 aromatic heterocycles. The summed E-state index contributed by atoms with van der Waals surface area (Å²) in [5.41, 5.74) is 1.11. The molecule has 1 heterocycles. The maximum Gasteiger partial charge on any atom is 0.123 e. The molecule has 2 atom stereocenters. The first-order valence-corrected chi connectivity index (χ1v) is 6.88. The molecule has 3 heteroatoms. The van der Waals surface area contributed by atoms with Gasteiger partial charge in [-0.05, 0) is 63.1 Å². The minimum Gasteiger partial charge on any atom is -0.317 e. The molecule has 0 radical (unpaired) electrons. The van der Waals surface area contributed by atoms with E-state index >= 15 is 0 Å². The lowest BCUT2D eigenvalue weighted by atomic mass is 9.85. The number of likely N-dealkylation sites (tertiary alicyclic amines) is 1. The van der Waals surface area contributed by atoms with Crippen molar-refractivity contribution in [2.24, 2.45) is 5.92 Å². The molecule has 0 amide bonds. The lowest BCUT2D eigenvalue weighted by Crippen LogP contribution is -2.40. The third-order valence-electron chi connectivity index (χ3n) is 3.85. The van der Waals surface area contributed by atoms with E-state index in [0.29, 0.717) is 12.0 Å². The molecular formula is C15H23FN2. The fourth-order valence-corrected chi connectivity index (χ4v) is 3.02. The number of hydrogen-bond acceptors (Lipinski definition) is 2. The van der Waals surface area contributed by atoms with Gasteiger partial charge in [-0.25, -0.2) is 4.39 Å². The molecular weight excluding hydrogens is 227 g/mol. The zero-order valence-corrected chi connectivity index (χ0v) is 11.3. The lowest BCUT2D eigenvalue weighted by molar-refractivity contribution is 0.119. The second-order valence-electron chi connectivity index (χ2n) is 5.19. The molecule has 1 aliphatic heterocycles. The van der Waals surface area contributed by atoms with Gasteiger partial charge in [0, 0.05) is 6.04 Å². The van der Waals surface area contributed by atoms with Crippen molar-refractivity contribution in [3.8, 4) is 0 Å². The zero-order chi connectivity index (χ0) is 13.0. The number of piperidine rings is 1. The van der Waals surface area contributed by atoms with Crippen LogP contribution < -0.4 is 5.32 Å². The van der Waals surface area contributed by atoms with Gasteiger partial charge in [0.1, 0.15) is 5.82 Å². The Balaban J connectivity index is 2.18. The summed E-state index contributed by atoms with van der Waals surface area (Å²) in [5.74, 6) is 0.444. The van der Waals surface area contributed by atoms with Crippen LogP contribution in [0.2, 0.25) is 0 Å². The number of benzene rings is 1. The van der Waals surface area contributed by atoms with Crippen LogP contribution in [0.15, 0.2) is 24.3 Å². The van der Waals surface area contributed by atoms with Gasteiger partial charge in [0.05, 0.1) is 0 Å². The highest BCUT2D eigenvalue weighted by atomic mass is 19.1. The van der Waals surface area contributed by atoms with Crippen LogP contribution in [0.1, 0.15) is 31.4 Å². The quantitative estimate of drug-likeness (QED) is 0.884. The monoisotopic (exact) mass is 250 g/mol. The van der Waals surface area contributed by atoms with Gasteiger partial charge in [-0.3, -0.25) is 4.90 Å². The number of nitrogens with zero attached hydrogens (tertiary/aromatic N) is 1. The van der Waals surface area contributed by atoms with Crippen molar-refractivity contribution < 1.29 is 4.39 Å². The average Bonchev–Trinajstić information content (AvgIpc) is 2.36. The SMILES string of the molecule is CCNCC1CCCN(C)C1c1cccc(F)c1. The zero-order valence-electron chi connectivity index (χ0n) is 11.3. The van der Waals surface area contributed by atoms with Crippen LogP contribution in [0.3, 0.4) is 0 Å². The molecule has 1 fully saturated rings. The normalized spacial score (nSPS) is 25.3. The highest BCUT2D eigenvalue weighted by molar-refractivity contribution is 5.21. The van der Waals surface area contributed by atoms with Crippen molar-refractivity contribution in [2.75, 3.05) is 26.7 Å². The van der Waals surface area contributed by atoms with Crippen LogP contribution in [0.25, 0.3) is 0 Å². The van der Waals surface area contributed by atoms with Crippen molar-refractivity contribution in [2.45, 2.75) is 25.8 Å². The molecule has 0 spiro atoms. The van der Waals surface area contributed by atoms with Crippen molar-refractivity contribution in [1.29, 1.82) is 0 Å². The topological polar surface area (TPSA) is 15.3 Å². The van der Waals surface area contributed by atoms with Crippen LogP contribution in [0.5, 0.6) is 0 Å². The molecule has 0 saturated carbocycles. The van der Waals surface area contributed by atoms with Crippen molar-refractivity contribution in [1.82, 2.24) is 10.2 Å². The predicted molar refractivity (Wildman–Crippen MR) is 73.0 cm³/mol. The Bertz CT molecular complexity index is 381. The molecule has 1 aromatic rings. The Morgan fingerprint density at radius 1 is 1.44 bits per heavy atom. The second kappa shape index (κ2) is 6.30. The summed E-state index contributed by atoms with van der Waals surface area (Å²) in [6.45, 7) is 5.24. The maximum atomic E-state index is 13.4. The van der Waals surface area contributed by atoms with E-state index in [2.05, 4.69) is 30.3 Å². The van der Waals surface area contributed by atoms with E-state index in [9.17, 15) is 4.39 Å². The molecule has 2 unspecified atom stereocenters. The summed E-state index contributed by atoms with van der Waals surface area (Å²) >= 11 is 0. The first kappa shape index (κ1) is 13.5. The van der Waals surface area contributed by atoms with Crippen LogP contribution in [0, 0.1) is 11.7 Å². The Labute approximate surface area is 109 Å². The largest absolute Gasteiger partial charge is 0.317 e. The van der Waals surface area contributed by atoms with Crippen molar-refractivity contribution >= 4 is 0 Å². The molecule has 1 saturated heterocycles. The molecule has 1 aromatic carbocycles. The Morgan fingerprint density at radius 2 is 2.28 bits per heavy atom. The summed E-state index contributed by atoms with van der Waals surface area (Å²) < 4.78 is 13.4. The smallest absolute Gasteiger partial charge is 0.123 e. The number of rotatable bonds is 4. The number of halogens is 1. The second-order valence-corrected chi connectivity index (χ2v) is 5.19. The van der Waals surface area contributed by atoms with Gasteiger partial charge in [0.25, 0.3) is 0 Å². The van der Waals surface area contributed by atoms with Gasteiger partial charge >= 0.3 is 0 Å². The van der Waals surface area contributed by atoms with Crippen LogP contribution in [-0.2, 0) is 0 Å². The van der Waals surface area contributed by atoms with Gasteiger partial charge in [-0.15, -0.1) is 0 Å². The van der Waals surface area contributed by atoms with E-state index in [-0.39, 0.29) is 5.82 Å². The average molecular weight is 250 g/mol. The molecule has 0 aliphatic carbocycles. The third-order valence-corrected chi connectivity index (χ3v) is 3.85. The fourth-order valence-electron chi connectivity index (χ4n) is 3.02. The van der Waals surface area contributed by atoms with Gasteiger partial charge in [0.2, 0.25) is 0 Å². The van der Waals surface area contributed by atoms with E-state index in [1.807, 2.05) is 6.07 Å². The van der Waals surface area contributed by atoms with E-state index < -0.39 is 0 Å². The van der Waals surface area contributed by atoms with Crippen LogP contribution >= 0.6 is 0 Å². The maximum absolute atomic E-state index is 13.4. The van der Waals surface area contributed by atoms with Crippen LogP contribution in [0.4, 0.5) is 4.39 Å². The van der Waals surface area contributed by atoms with Gasteiger partial charge in [-0.1, -0.05) is 19.1 Å². The first-order valence-electron chi connectivity index (χ1n) is 6.88. The Hall–Kier alpha value is -0.930. The molecule has 1 N–H and O–H groups in total. The Morgan fingerprint density at radius 3 is 3.00 bits per heavy atom. The minimum atomic E-state index is -0.131. The molecule has 2 rings (SSSR count). The molecule has 1 aliphatic rings. The van der Waals surface area contributed by atoms with Gasteiger partial charge in [-0.2, -0.15) is 0 Å². The highest BCUT2D eigenvalue weighted by Crippen LogP contribution is 2.34. The van der Waals surface area contributed by atoms with E-state index in [1.165, 1.54) is 18.9 Å². The summed E-state index contributed by atoms with van der Waals surface area (Å²) in [4.78, 5) is 2.36. The summed E-state index contributed by atoms with van der Waals surface area (Å²) in [5, 5.41) is 3.43. The number of nitrogens with one attached hydrogen (secondary N) is 1. The van der Waals surface area contributed by atoms with E-state index in [1.54, 1.807) is 6.07 Å². The van der Waals surface area contributed by atoms with E-state index in [4.69, 9.17) is 0 Å². The summed E-state index contributed by atoms with van der Waals surface area (Å²) in [7, 11) is 2.15. The first-order chi connectivity index (χ1) is 8.72. The van der Waals surface area contributed by atoms with Gasteiger partial charge in [0.15, 0.2) is 0 Å². The molecule has 18 heavy (non-hydrogen) atoms. The molecule has 2 nitrogen and oxygen atoms in total. The van der Waals surface area contributed by atoms with E-state index in [0.717, 1.165) is 25.2 Å². The summed E-state index contributed by atoms with van der Waals surface area (Å²) in [6.07, 6.45) is 2.46. The number of hydrogen-bond donors (Lipinski definition) is 1. The van der Waals surface area contributed by atoms with Crippen LogP contribution in [-0.4, -0.2) is 31.6 Å². The standard InChI is InChI=1S/C15H23FN2/c1-3-17-11-13-7-5-9-18(2)15(13)12-6-4-8-14(16)10-12/h4,6,8,10,13,15,17H,3,5,7,9,11H2,1-2H3.